The zero-order chi connectivity index (χ0) is 24.9. The summed E-state index contributed by atoms with van der Waals surface area (Å²) < 4.78 is 28.8. The van der Waals surface area contributed by atoms with Gasteiger partial charge in [0.25, 0.3) is 0 Å². The maximum Gasteiger partial charge on any atom is 0.302 e. The Kier molecular flexibility index (Phi) is 10.1. The maximum absolute atomic E-state index is 11.6. The van der Waals surface area contributed by atoms with Gasteiger partial charge in [-0.05, 0) is 23.3 Å². The first-order valence-corrected chi connectivity index (χ1v) is 11.4. The number of rotatable bonds is 13. The lowest BCUT2D eigenvalue weighted by atomic mass is 10.2. The molecular formula is C28H30O7. The predicted octanol–water partition coefficient (Wildman–Crippen LogP) is 4.72. The molecule has 0 heterocycles. The van der Waals surface area contributed by atoms with Gasteiger partial charge in [0.05, 0.1) is 6.61 Å². The predicted molar refractivity (Wildman–Crippen MR) is 130 cm³/mol. The second-order valence-electron chi connectivity index (χ2n) is 7.82. The van der Waals surface area contributed by atoms with Gasteiger partial charge in [-0.3, -0.25) is 9.59 Å². The Morgan fingerprint density at radius 2 is 1.11 bits per heavy atom. The molecule has 35 heavy (non-hydrogen) atoms. The number of esters is 2. The van der Waals surface area contributed by atoms with Crippen LogP contribution in [0.5, 0.6) is 11.5 Å². The summed E-state index contributed by atoms with van der Waals surface area (Å²) in [7, 11) is 0. The van der Waals surface area contributed by atoms with Crippen molar-refractivity contribution in [3.63, 3.8) is 0 Å². The molecule has 3 aromatic carbocycles. The van der Waals surface area contributed by atoms with Gasteiger partial charge < -0.3 is 23.7 Å². The van der Waals surface area contributed by atoms with Crippen LogP contribution in [0, 0.1) is 0 Å². The smallest absolute Gasteiger partial charge is 0.302 e. The van der Waals surface area contributed by atoms with Crippen molar-refractivity contribution >= 4 is 11.9 Å². The fourth-order valence-electron chi connectivity index (χ4n) is 3.22. The molecule has 2 atom stereocenters. The lowest BCUT2D eigenvalue weighted by molar-refractivity contribution is -0.156. The Bertz CT molecular complexity index is 1050. The van der Waals surface area contributed by atoms with E-state index in [4.69, 9.17) is 23.7 Å². The van der Waals surface area contributed by atoms with Crippen LogP contribution in [0.3, 0.4) is 0 Å². The molecule has 0 unspecified atom stereocenters. The molecule has 0 radical (unpaired) electrons. The molecule has 0 aliphatic heterocycles. The van der Waals surface area contributed by atoms with Gasteiger partial charge in [0, 0.05) is 13.8 Å². The molecule has 0 spiro atoms. The molecule has 7 nitrogen and oxygen atoms in total. The molecule has 184 valence electrons. The van der Waals surface area contributed by atoms with Crippen LogP contribution in [0.15, 0.2) is 84.9 Å². The SMILES string of the molecule is CC(=O)OC[C@H](OCc1ccccc1)[C@@H](COC(C)=O)Oc1ccccc1OCc1ccccc1. The number of hydrogen-bond acceptors (Lipinski definition) is 7. The van der Waals surface area contributed by atoms with Crippen molar-refractivity contribution in [2.75, 3.05) is 13.2 Å². The van der Waals surface area contributed by atoms with Crippen LogP contribution in [0.1, 0.15) is 25.0 Å². The third-order valence-corrected chi connectivity index (χ3v) is 4.99. The second kappa shape index (κ2) is 13.8. The lowest BCUT2D eigenvalue weighted by Gasteiger charge is -2.28. The third-order valence-electron chi connectivity index (χ3n) is 4.99. The van der Waals surface area contributed by atoms with Crippen LogP contribution >= 0.6 is 0 Å². The molecule has 3 aromatic rings. The lowest BCUT2D eigenvalue weighted by Crippen LogP contribution is -2.42. The topological polar surface area (TPSA) is 80.3 Å². The Balaban J connectivity index is 1.78. The van der Waals surface area contributed by atoms with E-state index in [1.165, 1.54) is 13.8 Å². The average molecular weight is 479 g/mol. The van der Waals surface area contributed by atoms with Crippen LogP contribution < -0.4 is 9.47 Å². The maximum atomic E-state index is 11.6. The van der Waals surface area contributed by atoms with Crippen LogP contribution in [-0.2, 0) is 37.0 Å². The summed E-state index contributed by atoms with van der Waals surface area (Å²) in [6.07, 6.45) is -1.47. The fraction of sp³-hybridized carbons (Fsp3) is 0.286. The van der Waals surface area contributed by atoms with E-state index in [1.54, 1.807) is 12.1 Å². The number of carbonyl (C=O) groups is 2. The van der Waals surface area contributed by atoms with Crippen molar-refractivity contribution in [3.8, 4) is 11.5 Å². The Labute approximate surface area is 205 Å². The van der Waals surface area contributed by atoms with Crippen LogP contribution in [0.25, 0.3) is 0 Å². The van der Waals surface area contributed by atoms with Gasteiger partial charge in [0.1, 0.15) is 25.9 Å². The van der Waals surface area contributed by atoms with Gasteiger partial charge in [-0.15, -0.1) is 0 Å². The molecule has 3 rings (SSSR count). The van der Waals surface area contributed by atoms with E-state index in [0.29, 0.717) is 18.1 Å². The normalized spacial score (nSPS) is 12.3. The van der Waals surface area contributed by atoms with Crippen molar-refractivity contribution < 1.29 is 33.3 Å². The largest absolute Gasteiger partial charge is 0.485 e. The molecule has 0 fully saturated rings. The van der Waals surface area contributed by atoms with E-state index in [2.05, 4.69) is 0 Å². The van der Waals surface area contributed by atoms with Crippen LogP contribution in [-0.4, -0.2) is 37.4 Å². The molecule has 0 aliphatic carbocycles. The number of ether oxygens (including phenoxy) is 5. The first-order valence-electron chi connectivity index (χ1n) is 11.4. The minimum absolute atomic E-state index is 0.0683. The summed E-state index contributed by atoms with van der Waals surface area (Å²) >= 11 is 0. The molecule has 0 aromatic heterocycles. The van der Waals surface area contributed by atoms with Crippen molar-refractivity contribution in [2.45, 2.75) is 39.3 Å². The molecule has 0 saturated carbocycles. The van der Waals surface area contributed by atoms with Crippen molar-refractivity contribution in [3.05, 3.63) is 96.1 Å². The van der Waals surface area contributed by atoms with Gasteiger partial charge in [-0.2, -0.15) is 0 Å². The molecular weight excluding hydrogens is 448 g/mol. The monoisotopic (exact) mass is 478 g/mol. The van der Waals surface area contributed by atoms with E-state index in [-0.39, 0.29) is 19.8 Å². The van der Waals surface area contributed by atoms with Gasteiger partial charge >= 0.3 is 11.9 Å². The van der Waals surface area contributed by atoms with Gasteiger partial charge in [-0.25, -0.2) is 0 Å². The van der Waals surface area contributed by atoms with Gasteiger partial charge in [0.2, 0.25) is 0 Å². The molecule has 0 saturated heterocycles. The first-order chi connectivity index (χ1) is 17.0. The van der Waals surface area contributed by atoms with Crippen molar-refractivity contribution in [1.82, 2.24) is 0 Å². The molecule has 0 aliphatic rings. The third kappa shape index (κ3) is 9.14. The Morgan fingerprint density at radius 3 is 1.69 bits per heavy atom. The van der Waals surface area contributed by atoms with E-state index in [1.807, 2.05) is 72.8 Å². The summed E-state index contributed by atoms with van der Waals surface area (Å²) in [5.41, 5.74) is 1.95. The molecule has 0 N–H and O–H groups in total. The van der Waals surface area contributed by atoms with Gasteiger partial charge in [0.15, 0.2) is 17.6 Å². The minimum atomic E-state index is -0.761. The number of benzene rings is 3. The number of para-hydroxylation sites is 2. The molecule has 7 heteroatoms. The molecule has 0 bridgehead atoms. The van der Waals surface area contributed by atoms with Crippen molar-refractivity contribution in [2.24, 2.45) is 0 Å². The van der Waals surface area contributed by atoms with Crippen LogP contribution in [0.2, 0.25) is 0 Å². The molecule has 0 amide bonds. The highest BCUT2D eigenvalue weighted by molar-refractivity contribution is 5.66. The summed E-state index contributed by atoms with van der Waals surface area (Å²) in [5, 5.41) is 0. The van der Waals surface area contributed by atoms with E-state index < -0.39 is 24.1 Å². The van der Waals surface area contributed by atoms with Crippen molar-refractivity contribution in [1.29, 1.82) is 0 Å². The number of carbonyl (C=O) groups excluding carboxylic acids is 2. The second-order valence-corrected chi connectivity index (χ2v) is 7.82. The van der Waals surface area contributed by atoms with E-state index in [0.717, 1.165) is 11.1 Å². The zero-order valence-corrected chi connectivity index (χ0v) is 19.9. The highest BCUT2D eigenvalue weighted by atomic mass is 16.6. The van der Waals surface area contributed by atoms with E-state index in [9.17, 15) is 9.59 Å². The summed E-state index contributed by atoms with van der Waals surface area (Å²) in [5.74, 6) is 0.0767. The highest BCUT2D eigenvalue weighted by Gasteiger charge is 2.28. The van der Waals surface area contributed by atoms with Crippen LogP contribution in [0.4, 0.5) is 0 Å². The van der Waals surface area contributed by atoms with E-state index >= 15 is 0 Å². The number of hydrogen-bond donors (Lipinski definition) is 0. The summed E-state index contributed by atoms with van der Waals surface area (Å²) in [6.45, 7) is 3.10. The quantitative estimate of drug-likeness (QED) is 0.329. The highest BCUT2D eigenvalue weighted by Crippen LogP contribution is 2.29. The average Bonchev–Trinajstić information content (AvgIpc) is 2.87. The summed E-state index contributed by atoms with van der Waals surface area (Å²) in [4.78, 5) is 23.1. The minimum Gasteiger partial charge on any atom is -0.485 e. The standard InChI is InChI=1S/C28H30O7/c1-21(29)31-19-27(34-18-24-13-7-4-8-14-24)28(20-32-22(2)30)35-26-16-10-9-15-25(26)33-17-23-11-5-3-6-12-23/h3-16,27-28H,17-20H2,1-2H3/t27-,28+/m0/s1. The first kappa shape index (κ1) is 25.8. The zero-order valence-electron chi connectivity index (χ0n) is 19.9. The Hall–Kier alpha value is -3.84. The van der Waals surface area contributed by atoms with Gasteiger partial charge in [-0.1, -0.05) is 72.8 Å². The Morgan fingerprint density at radius 1 is 0.629 bits per heavy atom. The fourth-order valence-corrected chi connectivity index (χ4v) is 3.22. The summed E-state index contributed by atoms with van der Waals surface area (Å²) in [6, 6.07) is 26.6.